The van der Waals surface area contributed by atoms with Crippen molar-refractivity contribution in [2.24, 2.45) is 0 Å². The maximum atomic E-state index is 4.23. The zero-order chi connectivity index (χ0) is 7.84. The normalized spacial score (nSPS) is 10.6. The highest BCUT2D eigenvalue weighted by Crippen LogP contribution is 2.08. The first-order valence-electron chi connectivity index (χ1n) is 3.46. The van der Waals surface area contributed by atoms with Crippen LogP contribution in [0.2, 0.25) is 0 Å². The first-order chi connectivity index (χ1) is 5.25. The smallest absolute Gasteiger partial charge is 0.205 e. The van der Waals surface area contributed by atoms with Crippen molar-refractivity contribution >= 4 is 31.9 Å². The fourth-order valence-electron chi connectivity index (χ4n) is 1.15. The van der Waals surface area contributed by atoms with Gasteiger partial charge in [-0.3, -0.25) is 0 Å². The number of H-pyrrole nitrogens is 1. The van der Waals surface area contributed by atoms with Gasteiger partial charge in [-0.25, -0.2) is 4.98 Å². The van der Waals surface area contributed by atoms with Gasteiger partial charge in [0.1, 0.15) is 5.65 Å². The SMILES string of the molecule is Cc1cnc2[nH][c]([Al])cc2c1. The molecule has 0 unspecified atom stereocenters. The summed E-state index contributed by atoms with van der Waals surface area (Å²) in [6.45, 7) is 2.04. The molecule has 11 heavy (non-hydrogen) atoms. The second kappa shape index (κ2) is 2.37. The van der Waals surface area contributed by atoms with Crippen LogP contribution >= 0.6 is 0 Å². The molecule has 2 aromatic rings. The number of hydrogen-bond donors (Lipinski definition) is 1. The molecule has 0 fully saturated rings. The monoisotopic (exact) mass is 158 g/mol. The Balaban J connectivity index is 2.82. The maximum absolute atomic E-state index is 4.23. The van der Waals surface area contributed by atoms with E-state index in [0.717, 1.165) is 10.2 Å². The van der Waals surface area contributed by atoms with Gasteiger partial charge in [0.05, 0.1) is 0 Å². The number of fused-ring (bicyclic) bond motifs is 1. The third-order valence-corrected chi connectivity index (χ3v) is 1.94. The van der Waals surface area contributed by atoms with Gasteiger partial charge in [-0.05, 0) is 18.6 Å². The van der Waals surface area contributed by atoms with Crippen molar-refractivity contribution < 1.29 is 0 Å². The van der Waals surface area contributed by atoms with Gasteiger partial charge in [-0.1, -0.05) is 10.6 Å². The van der Waals surface area contributed by atoms with Crippen LogP contribution in [-0.4, -0.2) is 26.3 Å². The van der Waals surface area contributed by atoms with E-state index in [1.54, 1.807) is 0 Å². The molecule has 0 saturated heterocycles. The first-order valence-corrected chi connectivity index (χ1v) is 4.04. The highest BCUT2D eigenvalue weighted by molar-refractivity contribution is 6.32. The highest BCUT2D eigenvalue weighted by atomic mass is 27.0. The van der Waals surface area contributed by atoms with Crippen molar-refractivity contribution in [3.05, 3.63) is 23.9 Å². The average Bonchev–Trinajstić information content (AvgIpc) is 2.27. The fourth-order valence-corrected chi connectivity index (χ4v) is 1.46. The average molecular weight is 158 g/mol. The van der Waals surface area contributed by atoms with E-state index in [0.29, 0.717) is 0 Å². The molecule has 0 aromatic carbocycles. The molecule has 2 aromatic heterocycles. The molecular weight excluding hydrogens is 151 g/mol. The summed E-state index contributed by atoms with van der Waals surface area (Å²) in [4.78, 5) is 7.37. The van der Waals surface area contributed by atoms with Crippen LogP contribution in [0.25, 0.3) is 11.0 Å². The number of nitrogens with zero attached hydrogens (tertiary/aromatic N) is 1. The van der Waals surface area contributed by atoms with Crippen LogP contribution in [0.3, 0.4) is 0 Å². The van der Waals surface area contributed by atoms with Crippen LogP contribution in [0.15, 0.2) is 18.3 Å². The molecule has 0 atom stereocenters. The summed E-state index contributed by atoms with van der Waals surface area (Å²) in [5, 5.41) is 1.18. The van der Waals surface area contributed by atoms with E-state index in [1.165, 1.54) is 10.9 Å². The summed E-state index contributed by atoms with van der Waals surface area (Å²) in [6, 6.07) is 4.19. The molecule has 0 bridgehead atoms. The molecule has 0 saturated carbocycles. The quantitative estimate of drug-likeness (QED) is 0.561. The van der Waals surface area contributed by atoms with E-state index in [-0.39, 0.29) is 0 Å². The maximum Gasteiger partial charge on any atom is 0.205 e. The van der Waals surface area contributed by atoms with Crippen molar-refractivity contribution in [3.8, 4) is 0 Å². The lowest BCUT2D eigenvalue weighted by molar-refractivity contribution is 1.30. The molecule has 1 N–H and O–H groups in total. The van der Waals surface area contributed by atoms with E-state index < -0.39 is 0 Å². The summed E-state index contributed by atoms with van der Waals surface area (Å²) < 4.78 is 1.08. The molecule has 2 radical (unpaired) electrons. The second-order valence-electron chi connectivity index (χ2n) is 2.68. The van der Waals surface area contributed by atoms with Gasteiger partial charge in [-0.2, -0.15) is 0 Å². The molecule has 2 rings (SSSR count). The van der Waals surface area contributed by atoms with E-state index in [1.807, 2.05) is 13.1 Å². The zero-order valence-electron chi connectivity index (χ0n) is 6.26. The molecular formula is C8H7AlN2. The van der Waals surface area contributed by atoms with Crippen molar-refractivity contribution in [2.45, 2.75) is 6.92 Å². The fraction of sp³-hybridized carbons (Fsp3) is 0.125. The molecule has 0 aliphatic rings. The first kappa shape index (κ1) is 6.90. The minimum Gasteiger partial charge on any atom is -0.362 e. The topological polar surface area (TPSA) is 28.7 Å². The van der Waals surface area contributed by atoms with E-state index in [9.17, 15) is 0 Å². The van der Waals surface area contributed by atoms with Gasteiger partial charge in [0.25, 0.3) is 0 Å². The highest BCUT2D eigenvalue weighted by Gasteiger charge is 1.95. The predicted molar refractivity (Wildman–Crippen MR) is 46.2 cm³/mol. The Morgan fingerprint density at radius 2 is 2.27 bits per heavy atom. The summed E-state index contributed by atoms with van der Waals surface area (Å²) in [6.07, 6.45) is 1.86. The molecule has 2 heterocycles. The van der Waals surface area contributed by atoms with Crippen molar-refractivity contribution in [1.82, 2.24) is 9.97 Å². The number of aryl methyl sites for hydroxylation is 1. The summed E-state index contributed by atoms with van der Waals surface area (Å²) in [5.74, 6) is 0. The summed E-state index contributed by atoms with van der Waals surface area (Å²) in [5.41, 5.74) is 2.15. The van der Waals surface area contributed by atoms with Crippen LogP contribution in [0.1, 0.15) is 5.56 Å². The number of rotatable bonds is 0. The van der Waals surface area contributed by atoms with E-state index >= 15 is 0 Å². The third-order valence-electron chi connectivity index (χ3n) is 1.63. The van der Waals surface area contributed by atoms with Gasteiger partial charge in [0.15, 0.2) is 0 Å². The molecule has 52 valence electrons. The number of aromatic nitrogens is 2. The molecule has 0 aliphatic carbocycles. The van der Waals surface area contributed by atoms with Gasteiger partial charge >= 0.3 is 0 Å². The lowest BCUT2D eigenvalue weighted by Gasteiger charge is -1.89. The molecule has 0 amide bonds. The molecule has 0 aliphatic heterocycles. The Morgan fingerprint density at radius 1 is 1.45 bits per heavy atom. The summed E-state index contributed by atoms with van der Waals surface area (Å²) in [7, 11) is 0. The van der Waals surface area contributed by atoms with Crippen molar-refractivity contribution in [3.63, 3.8) is 0 Å². The van der Waals surface area contributed by atoms with Crippen LogP contribution in [-0.2, 0) is 0 Å². The van der Waals surface area contributed by atoms with Gasteiger partial charge in [0, 0.05) is 11.6 Å². The van der Waals surface area contributed by atoms with Crippen LogP contribution in [0.5, 0.6) is 0 Å². The lowest BCUT2D eigenvalue weighted by atomic mass is 10.2. The third kappa shape index (κ3) is 1.18. The Morgan fingerprint density at radius 3 is 3.09 bits per heavy atom. The number of hydrogen-bond acceptors (Lipinski definition) is 1. The van der Waals surface area contributed by atoms with Crippen molar-refractivity contribution in [2.75, 3.05) is 0 Å². The van der Waals surface area contributed by atoms with Gasteiger partial charge < -0.3 is 4.98 Å². The number of aromatic amines is 1. The summed E-state index contributed by atoms with van der Waals surface area (Å²) >= 11 is 2.62. The van der Waals surface area contributed by atoms with Gasteiger partial charge in [-0.15, -0.1) is 0 Å². The van der Waals surface area contributed by atoms with Crippen LogP contribution in [0, 0.1) is 6.92 Å². The number of pyridine rings is 1. The minimum atomic E-state index is 0.959. The van der Waals surface area contributed by atoms with Crippen LogP contribution < -0.4 is 4.56 Å². The Kier molecular flexibility index (Phi) is 1.49. The second-order valence-corrected chi connectivity index (χ2v) is 3.30. The number of nitrogens with one attached hydrogen (secondary N) is 1. The molecule has 2 nitrogen and oxygen atoms in total. The largest absolute Gasteiger partial charge is 0.362 e. The lowest BCUT2D eigenvalue weighted by Crippen LogP contribution is -1.99. The zero-order valence-corrected chi connectivity index (χ0v) is 7.41. The van der Waals surface area contributed by atoms with Crippen LogP contribution in [0.4, 0.5) is 0 Å². The van der Waals surface area contributed by atoms with Gasteiger partial charge in [0.2, 0.25) is 16.3 Å². The Bertz CT molecular complexity index is 392. The molecule has 3 heteroatoms. The standard InChI is InChI=1S/C8H7N2.Al/c1-6-4-7-2-3-9-8(7)10-5-6;/h2,4-5H,1H3,(H,9,10);. The van der Waals surface area contributed by atoms with Crippen molar-refractivity contribution in [1.29, 1.82) is 0 Å². The molecule has 0 spiro atoms. The predicted octanol–water partition coefficient (Wildman–Crippen LogP) is 0.665. The van der Waals surface area contributed by atoms with E-state index in [2.05, 4.69) is 38.4 Å². The Hall–Kier alpha value is -0.778. The van der Waals surface area contributed by atoms with E-state index in [4.69, 9.17) is 0 Å². The minimum absolute atomic E-state index is 0.959. The Labute approximate surface area is 73.1 Å².